The van der Waals surface area contributed by atoms with Gasteiger partial charge in [0, 0.05) is 24.3 Å². The van der Waals surface area contributed by atoms with Crippen molar-refractivity contribution in [3.63, 3.8) is 0 Å². The number of aromatic nitrogens is 2. The van der Waals surface area contributed by atoms with Gasteiger partial charge in [0.25, 0.3) is 5.91 Å². The summed E-state index contributed by atoms with van der Waals surface area (Å²) >= 11 is 0. The lowest BCUT2D eigenvalue weighted by Gasteiger charge is -2.28. The first kappa shape index (κ1) is 24.8. The average Bonchev–Trinajstić information content (AvgIpc) is 3.61. The molecule has 0 atom stereocenters. The third kappa shape index (κ3) is 4.33. The van der Waals surface area contributed by atoms with Crippen molar-refractivity contribution < 1.29 is 32.2 Å². The zero-order valence-corrected chi connectivity index (χ0v) is 20.0. The van der Waals surface area contributed by atoms with E-state index >= 15 is 0 Å². The molecule has 0 bridgehead atoms. The molecule has 0 unspecified atom stereocenters. The average molecular weight is 515 g/mol. The van der Waals surface area contributed by atoms with Gasteiger partial charge >= 0.3 is 12.1 Å². The third-order valence-corrected chi connectivity index (χ3v) is 6.83. The van der Waals surface area contributed by atoms with Crippen LogP contribution in [0.1, 0.15) is 40.2 Å². The van der Waals surface area contributed by atoms with Crippen LogP contribution in [0.3, 0.4) is 0 Å². The van der Waals surface area contributed by atoms with Crippen LogP contribution in [0.15, 0.2) is 48.5 Å². The molecule has 1 aliphatic carbocycles. The monoisotopic (exact) mass is 514 g/mol. The number of fused-ring (bicyclic) bond motifs is 1. The molecule has 11 heteroatoms. The van der Waals surface area contributed by atoms with E-state index in [0.29, 0.717) is 30.0 Å². The number of rotatable bonds is 7. The Bertz CT molecular complexity index is 1330. The maximum absolute atomic E-state index is 13.8. The van der Waals surface area contributed by atoms with Crippen molar-refractivity contribution in [3.8, 4) is 11.4 Å². The summed E-state index contributed by atoms with van der Waals surface area (Å²) in [6.45, 7) is 0.445. The van der Waals surface area contributed by atoms with Crippen molar-refractivity contribution in [2.24, 2.45) is 5.73 Å². The van der Waals surface area contributed by atoms with Crippen LogP contribution in [0.2, 0.25) is 0 Å². The first-order chi connectivity index (χ1) is 17.7. The molecule has 1 amide bonds. The molecule has 2 aliphatic rings. The van der Waals surface area contributed by atoms with Gasteiger partial charge in [-0.3, -0.25) is 9.59 Å². The third-order valence-electron chi connectivity index (χ3n) is 6.83. The molecule has 1 aromatic heterocycles. The maximum atomic E-state index is 13.8. The van der Waals surface area contributed by atoms with Crippen LogP contribution >= 0.6 is 0 Å². The number of methoxy groups -OCH3 is 1. The first-order valence-electron chi connectivity index (χ1n) is 11.8. The Morgan fingerprint density at radius 1 is 1.08 bits per heavy atom. The molecule has 0 radical (unpaired) electrons. The van der Waals surface area contributed by atoms with Gasteiger partial charge in [-0.2, -0.15) is 18.3 Å². The molecule has 0 spiro atoms. The van der Waals surface area contributed by atoms with Crippen molar-refractivity contribution in [2.75, 3.05) is 31.7 Å². The Balaban J connectivity index is 1.47. The lowest BCUT2D eigenvalue weighted by molar-refractivity contribution is -0.146. The number of anilines is 1. The van der Waals surface area contributed by atoms with Crippen LogP contribution in [0.4, 0.5) is 18.9 Å². The zero-order chi connectivity index (χ0) is 26.4. The van der Waals surface area contributed by atoms with E-state index in [1.54, 1.807) is 48.5 Å². The van der Waals surface area contributed by atoms with Crippen LogP contribution in [0.5, 0.6) is 5.75 Å². The minimum atomic E-state index is -4.71. The maximum Gasteiger partial charge on any atom is 0.435 e. The predicted octanol–water partition coefficient (Wildman–Crippen LogP) is 3.64. The molecular formula is C26H25F3N4O4. The topological polar surface area (TPSA) is 99.7 Å². The van der Waals surface area contributed by atoms with E-state index in [1.165, 1.54) is 12.0 Å². The lowest BCUT2D eigenvalue weighted by atomic mass is 9.95. The van der Waals surface area contributed by atoms with E-state index < -0.39 is 23.2 Å². The number of nitrogens with two attached hydrogens (primary N) is 1. The zero-order valence-electron chi connectivity index (χ0n) is 20.0. The molecule has 3 aromatic rings. The molecule has 1 aliphatic heterocycles. The summed E-state index contributed by atoms with van der Waals surface area (Å²) in [7, 11) is 1.48. The standard InChI is InChI=1S/C26H25F3N4O4/c1-36-19-8-6-18(7-9-19)33-21-20(22(31-33)26(27,28)29)10-14-32(23(21)34)17-4-2-16(3-5-17)25(11-12-25)24(35)37-15-13-30/h2-9H,10-15,30H2,1H3. The summed E-state index contributed by atoms with van der Waals surface area (Å²) in [6, 6.07) is 13.2. The second-order valence-corrected chi connectivity index (χ2v) is 9.04. The minimum Gasteiger partial charge on any atom is -0.497 e. The van der Waals surface area contributed by atoms with E-state index in [0.717, 1.165) is 10.2 Å². The number of ether oxygens (including phenoxy) is 2. The highest BCUT2D eigenvalue weighted by Crippen LogP contribution is 2.49. The Morgan fingerprint density at radius 3 is 2.30 bits per heavy atom. The van der Waals surface area contributed by atoms with E-state index in [-0.39, 0.29) is 43.3 Å². The number of nitrogens with zero attached hydrogens (tertiary/aromatic N) is 3. The van der Waals surface area contributed by atoms with Gasteiger partial charge in [0.1, 0.15) is 18.1 Å². The lowest BCUT2D eigenvalue weighted by Crippen LogP contribution is -2.39. The molecule has 5 rings (SSSR count). The fourth-order valence-corrected chi connectivity index (χ4v) is 4.73. The Hall–Kier alpha value is -3.86. The molecule has 2 heterocycles. The molecule has 1 fully saturated rings. The molecule has 8 nitrogen and oxygen atoms in total. The Kier molecular flexibility index (Phi) is 6.18. The van der Waals surface area contributed by atoms with Crippen LogP contribution in [-0.4, -0.2) is 48.5 Å². The largest absolute Gasteiger partial charge is 0.497 e. The smallest absolute Gasteiger partial charge is 0.435 e. The van der Waals surface area contributed by atoms with Gasteiger partial charge in [-0.15, -0.1) is 0 Å². The van der Waals surface area contributed by atoms with E-state index in [9.17, 15) is 22.8 Å². The number of carbonyl (C=O) groups is 2. The summed E-state index contributed by atoms with van der Waals surface area (Å²) in [5.41, 5.74) is 5.00. The van der Waals surface area contributed by atoms with E-state index in [1.807, 2.05) is 0 Å². The van der Waals surface area contributed by atoms with Gasteiger partial charge in [0.15, 0.2) is 5.69 Å². The second-order valence-electron chi connectivity index (χ2n) is 9.04. The van der Waals surface area contributed by atoms with Crippen LogP contribution < -0.4 is 15.4 Å². The molecule has 2 aromatic carbocycles. The quantitative estimate of drug-likeness (QED) is 0.484. The van der Waals surface area contributed by atoms with Crippen molar-refractivity contribution in [2.45, 2.75) is 30.9 Å². The summed E-state index contributed by atoms with van der Waals surface area (Å²) in [5, 5.41) is 3.81. The number of esters is 1. The highest BCUT2D eigenvalue weighted by atomic mass is 19.4. The summed E-state index contributed by atoms with van der Waals surface area (Å²) in [5.74, 6) is -0.391. The molecule has 194 valence electrons. The van der Waals surface area contributed by atoms with Gasteiger partial charge < -0.3 is 20.1 Å². The molecule has 0 saturated heterocycles. The second kappa shape index (κ2) is 9.22. The molecule has 1 saturated carbocycles. The number of halogens is 3. The first-order valence-corrected chi connectivity index (χ1v) is 11.8. The SMILES string of the molecule is COc1ccc(-n2nc(C(F)(F)F)c3c2C(=O)N(c2ccc(C4(C(=O)OCCN)CC4)cc2)CC3)cc1. The normalized spacial score (nSPS) is 16.4. The Labute approximate surface area is 210 Å². The van der Waals surface area contributed by atoms with Crippen molar-refractivity contribution in [1.29, 1.82) is 0 Å². The van der Waals surface area contributed by atoms with Crippen molar-refractivity contribution in [3.05, 3.63) is 71.0 Å². The number of hydrogen-bond donors (Lipinski definition) is 1. The number of hydrogen-bond acceptors (Lipinski definition) is 6. The van der Waals surface area contributed by atoms with Gasteiger partial charge in [0.2, 0.25) is 0 Å². The van der Waals surface area contributed by atoms with Gasteiger partial charge in [0.05, 0.1) is 18.2 Å². The van der Waals surface area contributed by atoms with Crippen LogP contribution in [-0.2, 0) is 27.5 Å². The van der Waals surface area contributed by atoms with Crippen molar-refractivity contribution >= 4 is 17.6 Å². The van der Waals surface area contributed by atoms with Gasteiger partial charge in [-0.05, 0) is 61.2 Å². The highest BCUT2D eigenvalue weighted by Gasteiger charge is 2.53. The molecular weight excluding hydrogens is 489 g/mol. The van der Waals surface area contributed by atoms with E-state index in [2.05, 4.69) is 5.10 Å². The fraction of sp³-hybridized carbons (Fsp3) is 0.346. The number of benzene rings is 2. The summed E-state index contributed by atoms with van der Waals surface area (Å²) < 4.78 is 52.8. The number of amides is 1. The van der Waals surface area contributed by atoms with Gasteiger partial charge in [-0.1, -0.05) is 12.1 Å². The molecule has 37 heavy (non-hydrogen) atoms. The number of alkyl halides is 3. The highest BCUT2D eigenvalue weighted by molar-refractivity contribution is 6.07. The molecule has 2 N–H and O–H groups in total. The number of carbonyl (C=O) groups excluding carboxylic acids is 2. The van der Waals surface area contributed by atoms with E-state index in [4.69, 9.17) is 15.2 Å². The van der Waals surface area contributed by atoms with Gasteiger partial charge in [-0.25, -0.2) is 4.68 Å². The van der Waals surface area contributed by atoms with Crippen molar-refractivity contribution in [1.82, 2.24) is 9.78 Å². The predicted molar refractivity (Wildman–Crippen MR) is 128 cm³/mol. The summed E-state index contributed by atoms with van der Waals surface area (Å²) in [4.78, 5) is 27.5. The minimum absolute atomic E-state index is 0.0107. The summed E-state index contributed by atoms with van der Waals surface area (Å²) in [6.07, 6.45) is -3.40. The van der Waals surface area contributed by atoms with Crippen LogP contribution in [0, 0.1) is 0 Å². The fourth-order valence-electron chi connectivity index (χ4n) is 4.73. The Morgan fingerprint density at radius 2 is 1.73 bits per heavy atom. The van der Waals surface area contributed by atoms with Crippen LogP contribution in [0.25, 0.3) is 5.69 Å².